The van der Waals surface area contributed by atoms with E-state index in [1.807, 2.05) is 56.4 Å². The highest BCUT2D eigenvalue weighted by atomic mass is 32.1. The zero-order valence-corrected chi connectivity index (χ0v) is 39.8. The number of rotatable bonds is 14. The molecular weight excluding hydrogens is 908 g/mol. The van der Waals surface area contributed by atoms with Gasteiger partial charge in [-0.25, -0.2) is 13.9 Å². The maximum absolute atomic E-state index is 14.8. The smallest absolute Gasteiger partial charge is 0.258 e. The average molecular weight is 959 g/mol. The Bertz CT molecular complexity index is 2950. The van der Waals surface area contributed by atoms with Gasteiger partial charge in [-0.1, -0.05) is 56.4 Å². The molecule has 5 N–H and O–H groups in total. The summed E-state index contributed by atoms with van der Waals surface area (Å²) in [6.07, 6.45) is 3.54. The number of aliphatic hydroxyl groups excluding tert-OH is 1. The van der Waals surface area contributed by atoms with E-state index in [4.69, 9.17) is 4.98 Å². The Labute approximate surface area is 399 Å². The number of fused-ring (bicyclic) bond motifs is 1. The number of hydrogen-bond donors (Lipinski definition) is 5. The molecule has 3 aliphatic rings. The van der Waals surface area contributed by atoms with Crippen molar-refractivity contribution in [3.05, 3.63) is 88.3 Å². The molecule has 1 saturated heterocycles. The number of halogens is 1. The molecule has 0 spiro atoms. The van der Waals surface area contributed by atoms with Crippen molar-refractivity contribution in [2.75, 3.05) is 18.9 Å². The fraction of sp³-hybridized carbons (Fsp3) is 0.417. The molecule has 9 rings (SSSR count). The van der Waals surface area contributed by atoms with Gasteiger partial charge in [-0.15, -0.1) is 21.5 Å². The van der Waals surface area contributed by atoms with Crippen LogP contribution in [0.3, 0.4) is 0 Å². The van der Waals surface area contributed by atoms with Crippen molar-refractivity contribution in [1.82, 2.24) is 50.6 Å². The van der Waals surface area contributed by atoms with Crippen LogP contribution < -0.4 is 21.3 Å². The van der Waals surface area contributed by atoms with E-state index in [2.05, 4.69) is 47.6 Å². The standard InChI is InChI=1S/C48H51FN12O5S2/c1-25-40(67-24-53-25)28-8-6-27(7-9-28)34(56-42(64)38-17-32(62)23-60(38)45(65)41(47(2,3)4)57-46(66)48(49)12-13-48)19-39(63)55-30-15-29(16-30)43-58-59-44(68-43)33-22-52-36(18-35(33)51-5)37-11-10-31-14-26(20-50)21-54-61(31)37/h6-11,14,18,21-22,24,29-30,32,34,38,41,62H,12-13,15-17,19,23H2,1-5H3,(H,51,52)(H,55,63)(H,56,64)(H,57,66)/t29?,30?,32-,34+,38+,41?/m1/s1. The molecule has 5 aromatic heterocycles. The Morgan fingerprint density at radius 2 is 1.78 bits per heavy atom. The molecule has 6 aromatic rings. The number of likely N-dealkylation sites (tertiary alicyclic amines) is 1. The lowest BCUT2D eigenvalue weighted by Gasteiger charge is -2.36. The van der Waals surface area contributed by atoms with E-state index in [1.54, 1.807) is 43.1 Å². The van der Waals surface area contributed by atoms with Crippen LogP contribution in [0.15, 0.2) is 66.4 Å². The third-order valence-corrected chi connectivity index (χ3v) is 15.1. The van der Waals surface area contributed by atoms with Gasteiger partial charge in [0.15, 0.2) is 10.7 Å². The van der Waals surface area contributed by atoms with Crippen molar-refractivity contribution in [2.45, 2.75) is 108 Å². The van der Waals surface area contributed by atoms with Crippen LogP contribution in [0, 0.1) is 23.7 Å². The van der Waals surface area contributed by atoms with Gasteiger partial charge in [-0.3, -0.25) is 24.2 Å². The normalized spacial score (nSPS) is 20.5. The zero-order chi connectivity index (χ0) is 48.1. The van der Waals surface area contributed by atoms with Crippen LogP contribution in [0.25, 0.3) is 37.9 Å². The molecule has 6 heterocycles. The predicted molar refractivity (Wildman–Crippen MR) is 254 cm³/mol. The van der Waals surface area contributed by atoms with E-state index in [9.17, 15) is 33.9 Å². The Hall–Kier alpha value is -6.69. The van der Waals surface area contributed by atoms with Crippen molar-refractivity contribution in [2.24, 2.45) is 5.41 Å². The number of alkyl halides is 1. The number of anilines is 1. The first kappa shape index (κ1) is 46.4. The van der Waals surface area contributed by atoms with Crippen LogP contribution in [0.4, 0.5) is 10.1 Å². The summed E-state index contributed by atoms with van der Waals surface area (Å²) in [5.74, 6) is -2.23. The second kappa shape index (κ2) is 18.4. The highest BCUT2D eigenvalue weighted by Crippen LogP contribution is 2.42. The van der Waals surface area contributed by atoms with Crippen molar-refractivity contribution in [3.8, 4) is 38.5 Å². The van der Waals surface area contributed by atoms with Crippen molar-refractivity contribution in [1.29, 1.82) is 5.26 Å². The molecule has 2 aliphatic carbocycles. The van der Waals surface area contributed by atoms with Crippen LogP contribution in [-0.4, -0.2) is 107 Å². The molecule has 0 radical (unpaired) electrons. The monoisotopic (exact) mass is 958 g/mol. The number of aliphatic hydroxyl groups is 1. The summed E-state index contributed by atoms with van der Waals surface area (Å²) in [6, 6.07) is 13.9. The highest BCUT2D eigenvalue weighted by molar-refractivity contribution is 7.14. The van der Waals surface area contributed by atoms with Gasteiger partial charge < -0.3 is 31.3 Å². The molecule has 1 aliphatic heterocycles. The van der Waals surface area contributed by atoms with Crippen LogP contribution in [0.1, 0.15) is 93.1 Å². The molecule has 0 bridgehead atoms. The van der Waals surface area contributed by atoms with Gasteiger partial charge in [0, 0.05) is 43.9 Å². The Morgan fingerprint density at radius 3 is 2.46 bits per heavy atom. The first-order chi connectivity index (χ1) is 32.5. The summed E-state index contributed by atoms with van der Waals surface area (Å²) in [7, 11) is 1.83. The lowest BCUT2D eigenvalue weighted by Crippen LogP contribution is -2.59. The predicted octanol–water partition coefficient (Wildman–Crippen LogP) is 5.86. The quantitative estimate of drug-likeness (QED) is 0.0864. The Balaban J connectivity index is 0.869. The van der Waals surface area contributed by atoms with Crippen LogP contribution in [0.2, 0.25) is 0 Å². The van der Waals surface area contributed by atoms with Crippen molar-refractivity contribution >= 4 is 57.5 Å². The van der Waals surface area contributed by atoms with E-state index >= 15 is 0 Å². The second-order valence-corrected chi connectivity index (χ2v) is 20.8. The lowest BCUT2D eigenvalue weighted by atomic mass is 9.80. The largest absolute Gasteiger partial charge is 0.391 e. The van der Waals surface area contributed by atoms with E-state index < -0.39 is 53.0 Å². The summed E-state index contributed by atoms with van der Waals surface area (Å²) < 4.78 is 16.5. The highest BCUT2D eigenvalue weighted by Gasteiger charge is 2.53. The number of β-amino-alcohol motifs (C(OH)–C–C–N with tert-alkyl or cyclic N) is 1. The number of thiazole rings is 1. The third kappa shape index (κ3) is 9.42. The molecule has 4 atom stereocenters. The van der Waals surface area contributed by atoms with E-state index in [-0.39, 0.29) is 50.1 Å². The number of nitrogens with zero attached hydrogens (tertiary/aromatic N) is 8. The summed E-state index contributed by atoms with van der Waals surface area (Å²) in [4.78, 5) is 66.4. The molecule has 17 nitrogen and oxygen atoms in total. The van der Waals surface area contributed by atoms with E-state index in [1.165, 1.54) is 33.8 Å². The minimum absolute atomic E-state index is 0.0541. The maximum atomic E-state index is 14.8. The summed E-state index contributed by atoms with van der Waals surface area (Å²) in [5.41, 5.74) is 5.72. The topological polar surface area (TPSA) is 233 Å². The molecule has 4 amide bonds. The minimum atomic E-state index is -2.01. The number of aromatic nitrogens is 6. The number of nitriles is 1. The minimum Gasteiger partial charge on any atom is -0.391 e. The van der Waals surface area contributed by atoms with Gasteiger partial charge in [0.2, 0.25) is 17.7 Å². The summed E-state index contributed by atoms with van der Waals surface area (Å²) >= 11 is 2.98. The SMILES string of the molecule is CNc1cc(-c2ccc3cc(C#N)cnn23)ncc1-c1nnc(C2CC(NC(=O)C[C@H](NC(=O)[C@@H]3C[C@@H](O)CN3C(=O)C(NC(=O)C3(F)CC3)C(C)(C)C)c3ccc(-c4scnc4C)cc3)C2)s1. The van der Waals surface area contributed by atoms with Gasteiger partial charge in [0.1, 0.15) is 23.2 Å². The number of benzene rings is 1. The van der Waals surface area contributed by atoms with E-state index in [0.29, 0.717) is 34.7 Å². The Morgan fingerprint density at radius 1 is 1.01 bits per heavy atom. The van der Waals surface area contributed by atoms with Crippen LogP contribution in [0.5, 0.6) is 0 Å². The fourth-order valence-corrected chi connectivity index (χ4v) is 10.6. The van der Waals surface area contributed by atoms with Crippen molar-refractivity contribution < 1.29 is 28.7 Å². The summed E-state index contributed by atoms with van der Waals surface area (Å²) in [5, 5.41) is 47.1. The molecule has 68 heavy (non-hydrogen) atoms. The number of aryl methyl sites for hydroxylation is 1. The van der Waals surface area contributed by atoms with Crippen molar-refractivity contribution in [3.63, 3.8) is 0 Å². The number of nitrogens with one attached hydrogen (secondary N) is 4. The molecule has 20 heteroatoms. The average Bonchev–Trinajstić information content (AvgIpc) is 3.78. The number of carbonyl (C=O) groups excluding carboxylic acids is 4. The number of carbonyl (C=O) groups is 4. The first-order valence-electron chi connectivity index (χ1n) is 22.5. The van der Waals surface area contributed by atoms with Gasteiger partial charge in [-0.05, 0) is 73.4 Å². The fourth-order valence-electron chi connectivity index (χ4n) is 8.83. The zero-order valence-electron chi connectivity index (χ0n) is 38.1. The van der Waals surface area contributed by atoms with Gasteiger partial charge in [0.25, 0.3) is 5.91 Å². The molecule has 2 saturated carbocycles. The maximum Gasteiger partial charge on any atom is 0.258 e. The molecule has 352 valence electrons. The molecule has 1 aromatic carbocycles. The summed E-state index contributed by atoms with van der Waals surface area (Å²) in [6.45, 7) is 7.01. The second-order valence-electron chi connectivity index (χ2n) is 18.9. The molecule has 3 fully saturated rings. The first-order valence-corrected chi connectivity index (χ1v) is 24.2. The number of pyridine rings is 1. The third-order valence-electron chi connectivity index (χ3n) is 13.0. The number of hydrogen-bond acceptors (Lipinski definition) is 14. The van der Waals surface area contributed by atoms with E-state index in [0.717, 1.165) is 43.6 Å². The molecule has 1 unspecified atom stereocenters. The number of amides is 4. The Kier molecular flexibility index (Phi) is 12.6. The lowest BCUT2D eigenvalue weighted by molar-refractivity contribution is -0.145. The van der Waals surface area contributed by atoms with Crippen LogP contribution in [-0.2, 0) is 19.2 Å². The molecular formula is C48H51FN12O5S2. The van der Waals surface area contributed by atoms with Gasteiger partial charge in [0.05, 0.1) is 68.9 Å². The van der Waals surface area contributed by atoms with Crippen LogP contribution >= 0.6 is 22.7 Å². The van der Waals surface area contributed by atoms with Gasteiger partial charge in [-0.2, -0.15) is 10.4 Å². The van der Waals surface area contributed by atoms with Gasteiger partial charge >= 0.3 is 0 Å².